The zero-order valence-corrected chi connectivity index (χ0v) is 11.7. The van der Waals surface area contributed by atoms with Gasteiger partial charge in [-0.2, -0.15) is 0 Å². The first-order chi connectivity index (χ1) is 8.85. The zero-order valence-electron chi connectivity index (χ0n) is 10.9. The molecule has 0 radical (unpaired) electrons. The van der Waals surface area contributed by atoms with Crippen molar-refractivity contribution in [2.45, 2.75) is 37.3 Å². The van der Waals surface area contributed by atoms with Crippen molar-refractivity contribution in [2.75, 3.05) is 19.0 Å². The molecule has 4 heteroatoms. The van der Waals surface area contributed by atoms with Gasteiger partial charge in [-0.25, -0.2) is 0 Å². The van der Waals surface area contributed by atoms with Crippen LogP contribution in [-0.2, 0) is 11.3 Å². The van der Waals surface area contributed by atoms with E-state index < -0.39 is 0 Å². The summed E-state index contributed by atoms with van der Waals surface area (Å²) in [6.45, 7) is 4.27. The van der Waals surface area contributed by atoms with Crippen molar-refractivity contribution < 1.29 is 9.47 Å². The largest absolute Gasteiger partial charge is 0.490 e. The lowest BCUT2D eigenvalue weighted by Crippen LogP contribution is -2.26. The van der Waals surface area contributed by atoms with Gasteiger partial charge in [-0.3, -0.25) is 0 Å². The average Bonchev–Trinajstić information content (AvgIpc) is 2.41. The summed E-state index contributed by atoms with van der Waals surface area (Å²) in [5.41, 5.74) is 7.00. The Morgan fingerprint density at radius 2 is 2.17 bits per heavy atom. The molecule has 0 aliphatic carbocycles. The fourth-order valence-corrected chi connectivity index (χ4v) is 2.97. The maximum absolute atomic E-state index is 6.09. The molecule has 0 spiro atoms. The first kappa shape index (κ1) is 13.7. The zero-order chi connectivity index (χ0) is 12.8. The van der Waals surface area contributed by atoms with E-state index in [4.69, 9.17) is 15.2 Å². The predicted molar refractivity (Wildman–Crippen MR) is 75.2 cm³/mol. The Morgan fingerprint density at radius 3 is 2.83 bits per heavy atom. The molecule has 2 rings (SSSR count). The highest BCUT2D eigenvalue weighted by molar-refractivity contribution is 7.99. The molecule has 1 heterocycles. The molecule has 1 saturated heterocycles. The van der Waals surface area contributed by atoms with Gasteiger partial charge in [0.1, 0.15) is 11.9 Å². The van der Waals surface area contributed by atoms with Crippen molar-refractivity contribution in [1.82, 2.24) is 0 Å². The maximum atomic E-state index is 6.09. The lowest BCUT2D eigenvalue weighted by molar-refractivity contribution is 0.0251. The fourth-order valence-electron chi connectivity index (χ4n) is 2.12. The summed E-state index contributed by atoms with van der Waals surface area (Å²) in [4.78, 5) is 1.24. The van der Waals surface area contributed by atoms with Crippen LogP contribution in [0.4, 0.5) is 0 Å². The third-order valence-corrected chi connectivity index (χ3v) is 4.04. The molecule has 0 aromatic heterocycles. The lowest BCUT2D eigenvalue weighted by atomic mass is 10.1. The Balaban J connectivity index is 2.12. The second kappa shape index (κ2) is 7.02. The summed E-state index contributed by atoms with van der Waals surface area (Å²) in [7, 11) is 0. The van der Waals surface area contributed by atoms with Gasteiger partial charge < -0.3 is 15.2 Å². The summed E-state index contributed by atoms with van der Waals surface area (Å²) in [5, 5.41) is 0. The molecule has 1 aromatic rings. The summed E-state index contributed by atoms with van der Waals surface area (Å²) in [6, 6.07) is 6.19. The van der Waals surface area contributed by atoms with E-state index in [-0.39, 0.29) is 6.10 Å². The van der Waals surface area contributed by atoms with E-state index in [2.05, 4.69) is 13.0 Å². The average molecular weight is 267 g/mol. The highest BCUT2D eigenvalue weighted by atomic mass is 32.2. The van der Waals surface area contributed by atoms with Crippen LogP contribution >= 0.6 is 11.8 Å². The minimum atomic E-state index is 0.269. The van der Waals surface area contributed by atoms with Gasteiger partial charge in [-0.05, 0) is 17.9 Å². The van der Waals surface area contributed by atoms with Crippen molar-refractivity contribution in [1.29, 1.82) is 0 Å². The van der Waals surface area contributed by atoms with Crippen LogP contribution in [0, 0.1) is 0 Å². The third-order valence-electron chi connectivity index (χ3n) is 3.06. The number of ether oxygens (including phenoxy) is 2. The minimum Gasteiger partial charge on any atom is -0.490 e. The van der Waals surface area contributed by atoms with Gasteiger partial charge in [-0.1, -0.05) is 13.0 Å². The van der Waals surface area contributed by atoms with Crippen LogP contribution in [0.3, 0.4) is 0 Å². The van der Waals surface area contributed by atoms with Gasteiger partial charge in [-0.15, -0.1) is 11.8 Å². The van der Waals surface area contributed by atoms with Gasteiger partial charge in [0.05, 0.1) is 13.2 Å². The molecule has 0 amide bonds. The van der Waals surface area contributed by atoms with Crippen LogP contribution in [0.5, 0.6) is 5.75 Å². The molecule has 1 aromatic carbocycles. The highest BCUT2D eigenvalue weighted by Crippen LogP contribution is 2.31. The van der Waals surface area contributed by atoms with Crippen LogP contribution in [0.1, 0.15) is 25.3 Å². The number of thioether (sulfide) groups is 1. The van der Waals surface area contributed by atoms with E-state index in [0.29, 0.717) is 6.54 Å². The standard InChI is InChI=1S/C14H21NO2S/c1-2-18-14-5-3-4-13(12(14)10-15)17-11-6-8-16-9-7-11/h3-5,11H,2,6-10,15H2,1H3. The van der Waals surface area contributed by atoms with E-state index >= 15 is 0 Å². The molecular formula is C14H21NO2S. The Labute approximate surface area is 113 Å². The summed E-state index contributed by atoms with van der Waals surface area (Å²) < 4.78 is 11.4. The van der Waals surface area contributed by atoms with Gasteiger partial charge in [0, 0.05) is 29.8 Å². The van der Waals surface area contributed by atoms with Crippen molar-refractivity contribution >= 4 is 11.8 Å². The van der Waals surface area contributed by atoms with Crippen LogP contribution < -0.4 is 10.5 Å². The number of benzene rings is 1. The molecule has 0 bridgehead atoms. The molecule has 3 nitrogen and oxygen atoms in total. The quantitative estimate of drug-likeness (QED) is 0.833. The molecule has 1 fully saturated rings. The van der Waals surface area contributed by atoms with Crippen molar-refractivity contribution in [3.05, 3.63) is 23.8 Å². The molecule has 0 unspecified atom stereocenters. The normalized spacial score (nSPS) is 16.8. The molecule has 0 saturated carbocycles. The van der Waals surface area contributed by atoms with E-state index in [1.54, 1.807) is 0 Å². The topological polar surface area (TPSA) is 44.5 Å². The Morgan fingerprint density at radius 1 is 1.39 bits per heavy atom. The molecule has 1 aliphatic rings. The highest BCUT2D eigenvalue weighted by Gasteiger charge is 2.17. The van der Waals surface area contributed by atoms with E-state index in [0.717, 1.165) is 43.1 Å². The minimum absolute atomic E-state index is 0.269. The second-order valence-electron chi connectivity index (χ2n) is 4.30. The van der Waals surface area contributed by atoms with E-state index in [1.165, 1.54) is 4.90 Å². The van der Waals surface area contributed by atoms with Crippen LogP contribution in [0.2, 0.25) is 0 Å². The smallest absolute Gasteiger partial charge is 0.125 e. The van der Waals surface area contributed by atoms with Crippen LogP contribution in [0.25, 0.3) is 0 Å². The van der Waals surface area contributed by atoms with Gasteiger partial charge in [0.15, 0.2) is 0 Å². The van der Waals surface area contributed by atoms with Crippen molar-refractivity contribution in [2.24, 2.45) is 5.73 Å². The summed E-state index contributed by atoms with van der Waals surface area (Å²) >= 11 is 1.82. The molecule has 2 N–H and O–H groups in total. The van der Waals surface area contributed by atoms with E-state index in [1.807, 2.05) is 23.9 Å². The Bertz CT molecular complexity index is 378. The number of rotatable bonds is 5. The molecular weight excluding hydrogens is 246 g/mol. The van der Waals surface area contributed by atoms with Gasteiger partial charge in [0.2, 0.25) is 0 Å². The first-order valence-corrected chi connectivity index (χ1v) is 7.52. The Kier molecular flexibility index (Phi) is 5.35. The molecule has 0 atom stereocenters. The maximum Gasteiger partial charge on any atom is 0.125 e. The van der Waals surface area contributed by atoms with E-state index in [9.17, 15) is 0 Å². The molecule has 18 heavy (non-hydrogen) atoms. The molecule has 1 aliphatic heterocycles. The van der Waals surface area contributed by atoms with Crippen LogP contribution in [0.15, 0.2) is 23.1 Å². The number of hydrogen-bond acceptors (Lipinski definition) is 4. The predicted octanol–water partition coefficient (Wildman–Crippen LogP) is 2.82. The Hall–Kier alpha value is -0.710. The second-order valence-corrected chi connectivity index (χ2v) is 5.61. The van der Waals surface area contributed by atoms with Gasteiger partial charge >= 0.3 is 0 Å². The number of nitrogens with two attached hydrogens (primary N) is 1. The fraction of sp³-hybridized carbons (Fsp3) is 0.571. The number of hydrogen-bond donors (Lipinski definition) is 1. The van der Waals surface area contributed by atoms with Crippen molar-refractivity contribution in [3.8, 4) is 5.75 Å². The van der Waals surface area contributed by atoms with Gasteiger partial charge in [0.25, 0.3) is 0 Å². The van der Waals surface area contributed by atoms with Crippen LogP contribution in [-0.4, -0.2) is 25.1 Å². The summed E-state index contributed by atoms with van der Waals surface area (Å²) in [6.07, 6.45) is 2.20. The monoisotopic (exact) mass is 267 g/mol. The first-order valence-electron chi connectivity index (χ1n) is 6.54. The lowest BCUT2D eigenvalue weighted by Gasteiger charge is -2.25. The third kappa shape index (κ3) is 3.40. The molecule has 100 valence electrons. The SMILES string of the molecule is CCSc1cccc(OC2CCOCC2)c1CN. The van der Waals surface area contributed by atoms with Crippen molar-refractivity contribution in [3.63, 3.8) is 0 Å². The summed E-state index contributed by atoms with van der Waals surface area (Å²) in [5.74, 6) is 2.00.